The number of pyridine rings is 1. The molecule has 23 heavy (non-hydrogen) atoms. The van der Waals surface area contributed by atoms with E-state index < -0.39 is 0 Å². The van der Waals surface area contributed by atoms with Crippen LogP contribution in [0.15, 0.2) is 24.5 Å². The van der Waals surface area contributed by atoms with E-state index in [0.717, 1.165) is 19.4 Å². The second-order valence-corrected chi connectivity index (χ2v) is 7.42. The van der Waals surface area contributed by atoms with Crippen LogP contribution < -0.4 is 5.32 Å². The van der Waals surface area contributed by atoms with E-state index >= 15 is 0 Å². The average molecular weight is 314 g/mol. The highest BCUT2D eigenvalue weighted by Crippen LogP contribution is 2.55. The van der Waals surface area contributed by atoms with Gasteiger partial charge in [0.15, 0.2) is 0 Å². The fraction of sp³-hybridized carbons (Fsp3) is 0.684. The molecule has 3 aliphatic rings. The molecule has 0 aromatic carbocycles. The van der Waals surface area contributed by atoms with Crippen molar-refractivity contribution in [1.29, 1.82) is 0 Å². The highest BCUT2D eigenvalue weighted by atomic mass is 16.5. The van der Waals surface area contributed by atoms with Gasteiger partial charge in [-0.2, -0.15) is 0 Å². The van der Waals surface area contributed by atoms with Crippen molar-refractivity contribution in [2.45, 2.75) is 63.5 Å². The van der Waals surface area contributed by atoms with Crippen LogP contribution in [0.5, 0.6) is 0 Å². The number of rotatable bonds is 5. The number of ether oxygens (including phenoxy) is 1. The number of carbonyl (C=O) groups is 1. The number of hydrogen-bond acceptors (Lipinski definition) is 3. The maximum atomic E-state index is 12.6. The Kier molecular flexibility index (Phi) is 3.88. The highest BCUT2D eigenvalue weighted by Gasteiger charge is 2.58. The van der Waals surface area contributed by atoms with E-state index in [2.05, 4.69) is 23.3 Å². The highest BCUT2D eigenvalue weighted by molar-refractivity contribution is 5.83. The molecule has 1 spiro atoms. The minimum atomic E-state index is 0.142. The lowest BCUT2D eigenvalue weighted by Crippen LogP contribution is -2.64. The summed E-state index contributed by atoms with van der Waals surface area (Å²) in [6, 6.07) is 4.36. The molecule has 4 rings (SSSR count). The Bertz CT molecular complexity index is 568. The van der Waals surface area contributed by atoms with Crippen molar-refractivity contribution in [3.8, 4) is 0 Å². The first-order valence-electron chi connectivity index (χ1n) is 9.06. The predicted molar refractivity (Wildman–Crippen MR) is 87.9 cm³/mol. The number of amides is 1. The van der Waals surface area contributed by atoms with Crippen molar-refractivity contribution in [3.05, 3.63) is 30.1 Å². The summed E-state index contributed by atoms with van der Waals surface area (Å²) >= 11 is 0. The smallest absolute Gasteiger partial charge is 0.223 e. The second-order valence-electron chi connectivity index (χ2n) is 7.42. The molecule has 1 heterocycles. The quantitative estimate of drug-likeness (QED) is 0.909. The van der Waals surface area contributed by atoms with Crippen LogP contribution in [0, 0.1) is 11.3 Å². The third-order valence-electron chi connectivity index (χ3n) is 6.24. The van der Waals surface area contributed by atoms with Crippen molar-refractivity contribution >= 4 is 5.91 Å². The summed E-state index contributed by atoms with van der Waals surface area (Å²) in [5.74, 6) is 0.750. The minimum Gasteiger partial charge on any atom is -0.378 e. The van der Waals surface area contributed by atoms with Gasteiger partial charge in [-0.15, -0.1) is 0 Å². The number of aromatic nitrogens is 1. The molecule has 0 saturated heterocycles. The van der Waals surface area contributed by atoms with Crippen molar-refractivity contribution in [1.82, 2.24) is 10.3 Å². The zero-order chi connectivity index (χ0) is 15.9. The van der Waals surface area contributed by atoms with Gasteiger partial charge in [0.2, 0.25) is 5.91 Å². The van der Waals surface area contributed by atoms with Gasteiger partial charge < -0.3 is 10.1 Å². The molecular formula is C19H26N2O2. The van der Waals surface area contributed by atoms with Gasteiger partial charge >= 0.3 is 0 Å². The van der Waals surface area contributed by atoms with Crippen LogP contribution in [0.1, 0.15) is 56.9 Å². The number of nitrogens with zero attached hydrogens (tertiary/aromatic N) is 1. The van der Waals surface area contributed by atoms with Gasteiger partial charge in [-0.3, -0.25) is 9.78 Å². The van der Waals surface area contributed by atoms with Crippen molar-refractivity contribution in [2.75, 3.05) is 6.61 Å². The Balaban J connectivity index is 1.37. The van der Waals surface area contributed by atoms with Gasteiger partial charge in [0.25, 0.3) is 0 Å². The van der Waals surface area contributed by atoms with Gasteiger partial charge in [0, 0.05) is 36.4 Å². The van der Waals surface area contributed by atoms with E-state index in [9.17, 15) is 4.79 Å². The predicted octanol–water partition coefficient (Wildman–Crippen LogP) is 3.04. The number of carbonyl (C=O) groups excluding carboxylic acids is 1. The molecule has 3 aliphatic carbocycles. The SMILES string of the molecule is CCO[C@@H]1C[C@H](NC(=O)[C@@H]2C[C@H]2c2cccnc2)C12CCCC2. The maximum absolute atomic E-state index is 12.6. The summed E-state index contributed by atoms with van der Waals surface area (Å²) < 4.78 is 5.93. The molecule has 4 atom stereocenters. The third kappa shape index (κ3) is 2.57. The summed E-state index contributed by atoms with van der Waals surface area (Å²) in [7, 11) is 0. The lowest BCUT2D eigenvalue weighted by Gasteiger charge is -2.54. The zero-order valence-electron chi connectivity index (χ0n) is 13.8. The van der Waals surface area contributed by atoms with Crippen LogP contribution in [0.25, 0.3) is 0 Å². The summed E-state index contributed by atoms with van der Waals surface area (Å²) in [5.41, 5.74) is 1.42. The number of hydrogen-bond donors (Lipinski definition) is 1. The molecule has 1 N–H and O–H groups in total. The lowest BCUT2D eigenvalue weighted by atomic mass is 9.60. The normalized spacial score (nSPS) is 34.1. The molecule has 124 valence electrons. The molecule has 0 aliphatic heterocycles. The summed E-state index contributed by atoms with van der Waals surface area (Å²) in [6.45, 7) is 2.84. The minimum absolute atomic E-state index is 0.142. The molecule has 1 aromatic rings. The van der Waals surface area contributed by atoms with E-state index in [1.807, 2.05) is 12.3 Å². The second kappa shape index (κ2) is 5.90. The standard InChI is InChI=1S/C19H26N2O2/c1-2-23-17-11-16(19(17)7-3-4-8-19)21-18(22)15-10-14(15)13-6-5-9-20-12-13/h5-6,9,12,14-17H,2-4,7-8,10-11H2,1H3,(H,21,22)/t14-,15+,16-,17+/m0/s1. The van der Waals surface area contributed by atoms with Gasteiger partial charge in [0.1, 0.15) is 0 Å². The van der Waals surface area contributed by atoms with Gasteiger partial charge in [0.05, 0.1) is 6.10 Å². The van der Waals surface area contributed by atoms with Crippen LogP contribution in [0.3, 0.4) is 0 Å². The molecule has 1 aromatic heterocycles. The Labute approximate surface area is 138 Å². The summed E-state index contributed by atoms with van der Waals surface area (Å²) in [5, 5.41) is 3.36. The molecular weight excluding hydrogens is 288 g/mol. The van der Waals surface area contributed by atoms with Crippen LogP contribution in [-0.4, -0.2) is 29.6 Å². The zero-order valence-corrected chi connectivity index (χ0v) is 13.8. The van der Waals surface area contributed by atoms with Crippen LogP contribution in [0.4, 0.5) is 0 Å². The van der Waals surface area contributed by atoms with E-state index in [1.165, 1.54) is 31.2 Å². The van der Waals surface area contributed by atoms with Crippen molar-refractivity contribution < 1.29 is 9.53 Å². The van der Waals surface area contributed by atoms with Gasteiger partial charge in [-0.25, -0.2) is 0 Å². The fourth-order valence-corrected chi connectivity index (χ4v) is 4.82. The largest absolute Gasteiger partial charge is 0.378 e. The van der Waals surface area contributed by atoms with E-state index in [0.29, 0.717) is 18.1 Å². The maximum Gasteiger partial charge on any atom is 0.223 e. The Morgan fingerprint density at radius 3 is 2.91 bits per heavy atom. The van der Waals surface area contributed by atoms with E-state index in [-0.39, 0.29) is 17.2 Å². The fourth-order valence-electron chi connectivity index (χ4n) is 4.82. The first-order chi connectivity index (χ1) is 11.2. The molecule has 4 nitrogen and oxygen atoms in total. The Morgan fingerprint density at radius 1 is 1.39 bits per heavy atom. The van der Waals surface area contributed by atoms with Crippen LogP contribution >= 0.6 is 0 Å². The van der Waals surface area contributed by atoms with Gasteiger partial charge in [-0.05, 0) is 50.2 Å². The molecule has 0 unspecified atom stereocenters. The Hall–Kier alpha value is -1.42. The monoisotopic (exact) mass is 314 g/mol. The molecule has 3 saturated carbocycles. The molecule has 0 bridgehead atoms. The summed E-state index contributed by atoms with van der Waals surface area (Å²) in [4.78, 5) is 16.8. The number of nitrogens with one attached hydrogen (secondary N) is 1. The summed E-state index contributed by atoms with van der Waals surface area (Å²) in [6.07, 6.45) is 11.0. The van der Waals surface area contributed by atoms with Crippen LogP contribution in [0.2, 0.25) is 0 Å². The lowest BCUT2D eigenvalue weighted by molar-refractivity contribution is -0.144. The first kappa shape index (κ1) is 15.1. The van der Waals surface area contributed by atoms with E-state index in [4.69, 9.17) is 4.74 Å². The molecule has 4 heteroatoms. The van der Waals surface area contributed by atoms with Gasteiger partial charge in [-0.1, -0.05) is 18.9 Å². The third-order valence-corrected chi connectivity index (χ3v) is 6.24. The first-order valence-corrected chi connectivity index (χ1v) is 9.06. The topological polar surface area (TPSA) is 51.2 Å². The molecule has 0 radical (unpaired) electrons. The van der Waals surface area contributed by atoms with Crippen LogP contribution in [-0.2, 0) is 9.53 Å². The van der Waals surface area contributed by atoms with Crippen molar-refractivity contribution in [2.24, 2.45) is 11.3 Å². The van der Waals surface area contributed by atoms with Crippen molar-refractivity contribution in [3.63, 3.8) is 0 Å². The molecule has 1 amide bonds. The van der Waals surface area contributed by atoms with E-state index in [1.54, 1.807) is 6.20 Å². The average Bonchev–Trinajstić information content (AvgIpc) is 3.21. The Morgan fingerprint density at radius 2 is 2.22 bits per heavy atom. The molecule has 3 fully saturated rings.